The molecule has 17 heavy (non-hydrogen) atoms. The normalized spacial score (nSPS) is 15.0. The van der Waals surface area contributed by atoms with E-state index in [2.05, 4.69) is 31.3 Å². The summed E-state index contributed by atoms with van der Waals surface area (Å²) in [6.07, 6.45) is 2.63. The van der Waals surface area contributed by atoms with Gasteiger partial charge in [-0.3, -0.25) is 0 Å². The number of aliphatic hydroxyl groups is 1. The average molecular weight is 235 g/mol. The number of hydrogen-bond acceptors (Lipinski definition) is 3. The maximum absolute atomic E-state index is 8.78. The summed E-state index contributed by atoms with van der Waals surface area (Å²) in [5.41, 5.74) is 3.60. The molecule has 2 rings (SSSR count). The van der Waals surface area contributed by atoms with Gasteiger partial charge in [-0.05, 0) is 43.4 Å². The fourth-order valence-electron chi connectivity index (χ4n) is 2.07. The molecule has 0 aromatic heterocycles. The molecule has 2 N–H and O–H groups in total. The van der Waals surface area contributed by atoms with Crippen LogP contribution in [0, 0.1) is 13.8 Å². The molecular formula is C14H21NO2. The summed E-state index contributed by atoms with van der Waals surface area (Å²) in [6, 6.07) is 5.06. The number of ether oxygens (including phenoxy) is 1. The zero-order valence-electron chi connectivity index (χ0n) is 10.6. The van der Waals surface area contributed by atoms with E-state index >= 15 is 0 Å². The second-order valence-electron chi connectivity index (χ2n) is 4.79. The molecule has 0 atom stereocenters. The van der Waals surface area contributed by atoms with Gasteiger partial charge in [0.05, 0.1) is 6.61 Å². The van der Waals surface area contributed by atoms with Crippen molar-refractivity contribution in [3.63, 3.8) is 0 Å². The Balaban J connectivity index is 2.03. The lowest BCUT2D eigenvalue weighted by Gasteiger charge is -2.13. The summed E-state index contributed by atoms with van der Waals surface area (Å²) in [4.78, 5) is 0. The van der Waals surface area contributed by atoms with Gasteiger partial charge in [-0.15, -0.1) is 0 Å². The Morgan fingerprint density at radius 1 is 1.29 bits per heavy atom. The molecule has 0 radical (unpaired) electrons. The first-order chi connectivity index (χ1) is 8.20. The molecule has 0 amide bonds. The molecule has 0 heterocycles. The summed E-state index contributed by atoms with van der Waals surface area (Å²) in [6.45, 7) is 5.47. The van der Waals surface area contributed by atoms with E-state index in [1.165, 1.54) is 18.4 Å². The standard InChI is InChI=1S/C14H21NO2/c1-10-7-12(9-15-13-3-4-13)8-11(2)14(10)17-6-5-16/h7-8,13,15-16H,3-6,9H2,1-2H3. The molecule has 3 heteroatoms. The predicted molar refractivity (Wildman–Crippen MR) is 68.4 cm³/mol. The Hall–Kier alpha value is -1.06. The number of hydrogen-bond donors (Lipinski definition) is 2. The highest BCUT2D eigenvalue weighted by Gasteiger charge is 2.20. The van der Waals surface area contributed by atoms with Crippen LogP contribution in [0.1, 0.15) is 29.5 Å². The Morgan fingerprint density at radius 2 is 1.94 bits per heavy atom. The van der Waals surface area contributed by atoms with Crippen LogP contribution in [0.25, 0.3) is 0 Å². The molecule has 1 saturated carbocycles. The van der Waals surface area contributed by atoms with Crippen LogP contribution in [-0.2, 0) is 6.54 Å². The number of aliphatic hydroxyl groups excluding tert-OH is 1. The Bertz CT molecular complexity index is 363. The molecule has 0 unspecified atom stereocenters. The van der Waals surface area contributed by atoms with Crippen LogP contribution >= 0.6 is 0 Å². The minimum absolute atomic E-state index is 0.0594. The SMILES string of the molecule is Cc1cc(CNC2CC2)cc(C)c1OCCO. The number of rotatable bonds is 6. The Labute approximate surface area is 103 Å². The van der Waals surface area contributed by atoms with E-state index in [0.29, 0.717) is 6.61 Å². The van der Waals surface area contributed by atoms with Gasteiger partial charge in [0.2, 0.25) is 0 Å². The lowest BCUT2D eigenvalue weighted by Crippen LogP contribution is -2.15. The topological polar surface area (TPSA) is 41.5 Å². The highest BCUT2D eigenvalue weighted by atomic mass is 16.5. The molecule has 1 aliphatic carbocycles. The van der Waals surface area contributed by atoms with Crippen molar-refractivity contribution in [2.75, 3.05) is 13.2 Å². The summed E-state index contributed by atoms with van der Waals surface area (Å²) in [5, 5.41) is 12.3. The van der Waals surface area contributed by atoms with Gasteiger partial charge in [-0.25, -0.2) is 0 Å². The third-order valence-corrected chi connectivity index (χ3v) is 3.03. The number of nitrogens with one attached hydrogen (secondary N) is 1. The van der Waals surface area contributed by atoms with Crippen molar-refractivity contribution >= 4 is 0 Å². The molecule has 1 aromatic carbocycles. The average Bonchev–Trinajstić information content (AvgIpc) is 3.09. The molecule has 0 saturated heterocycles. The number of benzene rings is 1. The first-order valence-electron chi connectivity index (χ1n) is 6.28. The quantitative estimate of drug-likeness (QED) is 0.791. The molecule has 1 aliphatic rings. The molecule has 0 aliphatic heterocycles. The number of aryl methyl sites for hydroxylation is 2. The summed E-state index contributed by atoms with van der Waals surface area (Å²) in [5.74, 6) is 0.911. The lowest BCUT2D eigenvalue weighted by molar-refractivity contribution is 0.200. The Kier molecular flexibility index (Phi) is 4.02. The van der Waals surface area contributed by atoms with Gasteiger partial charge in [0, 0.05) is 12.6 Å². The van der Waals surface area contributed by atoms with Crippen molar-refractivity contribution in [1.82, 2.24) is 5.32 Å². The summed E-state index contributed by atoms with van der Waals surface area (Å²) in [7, 11) is 0. The maximum Gasteiger partial charge on any atom is 0.125 e. The minimum Gasteiger partial charge on any atom is -0.491 e. The van der Waals surface area contributed by atoms with Gasteiger partial charge >= 0.3 is 0 Å². The van der Waals surface area contributed by atoms with Crippen molar-refractivity contribution in [3.05, 3.63) is 28.8 Å². The minimum atomic E-state index is 0.0594. The van der Waals surface area contributed by atoms with Crippen LogP contribution in [-0.4, -0.2) is 24.4 Å². The van der Waals surface area contributed by atoms with Gasteiger partial charge in [0.25, 0.3) is 0 Å². The van der Waals surface area contributed by atoms with Crippen molar-refractivity contribution in [1.29, 1.82) is 0 Å². The van der Waals surface area contributed by atoms with E-state index in [-0.39, 0.29) is 6.61 Å². The molecule has 0 spiro atoms. The molecule has 1 fully saturated rings. The van der Waals surface area contributed by atoms with Crippen LogP contribution in [0.3, 0.4) is 0 Å². The van der Waals surface area contributed by atoms with Crippen molar-refractivity contribution in [2.24, 2.45) is 0 Å². The fourth-order valence-corrected chi connectivity index (χ4v) is 2.07. The van der Waals surface area contributed by atoms with Gasteiger partial charge in [0.15, 0.2) is 0 Å². The molecule has 0 bridgehead atoms. The highest BCUT2D eigenvalue weighted by molar-refractivity contribution is 5.43. The van der Waals surface area contributed by atoms with E-state index in [0.717, 1.165) is 29.5 Å². The molecular weight excluding hydrogens is 214 g/mol. The van der Waals surface area contributed by atoms with Crippen LogP contribution in [0.2, 0.25) is 0 Å². The molecule has 94 valence electrons. The third kappa shape index (κ3) is 3.45. The smallest absolute Gasteiger partial charge is 0.125 e. The van der Waals surface area contributed by atoms with Gasteiger partial charge in [-0.2, -0.15) is 0 Å². The third-order valence-electron chi connectivity index (χ3n) is 3.03. The Morgan fingerprint density at radius 3 is 2.47 bits per heavy atom. The van der Waals surface area contributed by atoms with Crippen LogP contribution in [0.5, 0.6) is 5.75 Å². The molecule has 3 nitrogen and oxygen atoms in total. The largest absolute Gasteiger partial charge is 0.491 e. The van der Waals surface area contributed by atoms with Crippen LogP contribution in [0.4, 0.5) is 0 Å². The zero-order chi connectivity index (χ0) is 12.3. The van der Waals surface area contributed by atoms with Crippen molar-refractivity contribution in [2.45, 2.75) is 39.3 Å². The lowest BCUT2D eigenvalue weighted by atomic mass is 10.1. The maximum atomic E-state index is 8.78. The van der Waals surface area contributed by atoms with E-state index in [9.17, 15) is 0 Å². The van der Waals surface area contributed by atoms with E-state index < -0.39 is 0 Å². The highest BCUT2D eigenvalue weighted by Crippen LogP contribution is 2.25. The second-order valence-corrected chi connectivity index (χ2v) is 4.79. The first kappa shape index (κ1) is 12.4. The predicted octanol–water partition coefficient (Wildman–Crippen LogP) is 1.93. The second kappa shape index (κ2) is 5.52. The van der Waals surface area contributed by atoms with E-state index in [1.807, 2.05) is 0 Å². The summed E-state index contributed by atoms with van der Waals surface area (Å²) >= 11 is 0. The molecule has 1 aromatic rings. The van der Waals surface area contributed by atoms with E-state index in [1.54, 1.807) is 0 Å². The van der Waals surface area contributed by atoms with Crippen molar-refractivity contribution in [3.8, 4) is 5.75 Å². The monoisotopic (exact) mass is 235 g/mol. The van der Waals surface area contributed by atoms with Gasteiger partial charge in [-0.1, -0.05) is 12.1 Å². The van der Waals surface area contributed by atoms with Crippen LogP contribution < -0.4 is 10.1 Å². The first-order valence-corrected chi connectivity index (χ1v) is 6.28. The van der Waals surface area contributed by atoms with E-state index in [4.69, 9.17) is 9.84 Å². The van der Waals surface area contributed by atoms with Crippen molar-refractivity contribution < 1.29 is 9.84 Å². The zero-order valence-corrected chi connectivity index (χ0v) is 10.6. The van der Waals surface area contributed by atoms with Gasteiger partial charge < -0.3 is 15.2 Å². The van der Waals surface area contributed by atoms with Crippen LogP contribution in [0.15, 0.2) is 12.1 Å². The van der Waals surface area contributed by atoms with Gasteiger partial charge in [0.1, 0.15) is 12.4 Å². The fraction of sp³-hybridized carbons (Fsp3) is 0.571. The summed E-state index contributed by atoms with van der Waals surface area (Å²) < 4.78 is 5.54.